The van der Waals surface area contributed by atoms with Gasteiger partial charge in [0.2, 0.25) is 0 Å². The number of carboxylic acids is 1. The zero-order valence-corrected chi connectivity index (χ0v) is 14.3. The Balaban J connectivity index is 2.23. The van der Waals surface area contributed by atoms with Crippen molar-refractivity contribution in [3.8, 4) is 11.3 Å². The van der Waals surface area contributed by atoms with Gasteiger partial charge in [0, 0.05) is 10.9 Å². The van der Waals surface area contributed by atoms with Crippen LogP contribution in [-0.4, -0.2) is 16.1 Å². The van der Waals surface area contributed by atoms with Gasteiger partial charge in [0.25, 0.3) is 0 Å². The van der Waals surface area contributed by atoms with Gasteiger partial charge >= 0.3 is 12.1 Å². The fourth-order valence-electron chi connectivity index (χ4n) is 3.06. The smallest absolute Gasteiger partial charge is 0.416 e. The van der Waals surface area contributed by atoms with Crippen LogP contribution in [0.2, 0.25) is 0 Å². The van der Waals surface area contributed by atoms with Gasteiger partial charge < -0.3 is 10.1 Å². The number of carbonyl (C=O) groups is 1. The fourth-order valence-corrected chi connectivity index (χ4v) is 3.06. The molecule has 0 saturated heterocycles. The van der Waals surface area contributed by atoms with Crippen LogP contribution >= 0.6 is 0 Å². The molecule has 0 fully saturated rings. The van der Waals surface area contributed by atoms with Gasteiger partial charge in [-0.25, -0.2) is 0 Å². The quantitative estimate of drug-likeness (QED) is 0.635. The Bertz CT molecular complexity index is 971. The maximum atomic E-state index is 13.0. The molecule has 3 rings (SSSR count). The van der Waals surface area contributed by atoms with Crippen LogP contribution in [0, 0.1) is 0 Å². The Morgan fingerprint density at radius 1 is 1.15 bits per heavy atom. The summed E-state index contributed by atoms with van der Waals surface area (Å²) in [6.45, 7) is 4.05. The third-order valence-electron chi connectivity index (χ3n) is 4.40. The number of carboxylic acid groups (broad SMARTS) is 1. The minimum Gasteiger partial charge on any atom is -0.481 e. The van der Waals surface area contributed by atoms with E-state index >= 15 is 0 Å². The number of benzene rings is 2. The van der Waals surface area contributed by atoms with Crippen molar-refractivity contribution in [1.29, 1.82) is 0 Å². The van der Waals surface area contributed by atoms with E-state index < -0.39 is 17.7 Å². The first kappa shape index (κ1) is 18.0. The molecule has 0 spiro atoms. The molecule has 1 heterocycles. The highest BCUT2D eigenvalue weighted by Crippen LogP contribution is 2.36. The van der Waals surface area contributed by atoms with E-state index in [1.165, 1.54) is 6.07 Å². The summed E-state index contributed by atoms with van der Waals surface area (Å²) in [5.41, 5.74) is 2.21. The van der Waals surface area contributed by atoms with Gasteiger partial charge in [0.1, 0.15) is 0 Å². The number of fused-ring (bicyclic) bond motifs is 1. The number of H-pyrrole nitrogens is 1. The standard InChI is InChI=1S/C20H18F3NO2/c1-11(2)12-6-7-17-15(9-12)16(10-18(25)26)19(24-17)13-4-3-5-14(8-13)20(21,22)23/h3-9,11,24H,10H2,1-2H3,(H,25,26). The highest BCUT2D eigenvalue weighted by Gasteiger charge is 2.31. The Hall–Kier alpha value is -2.76. The van der Waals surface area contributed by atoms with E-state index in [1.54, 1.807) is 6.07 Å². The van der Waals surface area contributed by atoms with Crippen molar-refractivity contribution >= 4 is 16.9 Å². The molecule has 0 atom stereocenters. The van der Waals surface area contributed by atoms with Crippen LogP contribution in [0.4, 0.5) is 13.2 Å². The van der Waals surface area contributed by atoms with Gasteiger partial charge in [-0.2, -0.15) is 13.2 Å². The second-order valence-corrected chi connectivity index (χ2v) is 6.59. The molecule has 3 aromatic rings. The van der Waals surface area contributed by atoms with E-state index in [0.29, 0.717) is 22.3 Å². The topological polar surface area (TPSA) is 53.1 Å². The molecule has 0 aliphatic heterocycles. The average molecular weight is 361 g/mol. The van der Waals surface area contributed by atoms with Crippen LogP contribution in [0.3, 0.4) is 0 Å². The van der Waals surface area contributed by atoms with Crippen molar-refractivity contribution in [3.63, 3.8) is 0 Å². The zero-order valence-electron chi connectivity index (χ0n) is 14.3. The SMILES string of the molecule is CC(C)c1ccc2[nH]c(-c3cccc(C(F)(F)F)c3)c(CC(=O)O)c2c1. The summed E-state index contributed by atoms with van der Waals surface area (Å²) < 4.78 is 39.1. The molecule has 0 saturated carbocycles. The summed E-state index contributed by atoms with van der Waals surface area (Å²) in [5.74, 6) is -0.780. The molecule has 0 unspecified atom stereocenters. The predicted octanol–water partition coefficient (Wildman–Crippen LogP) is 5.60. The van der Waals surface area contributed by atoms with Gasteiger partial charge in [-0.1, -0.05) is 32.0 Å². The zero-order chi connectivity index (χ0) is 19.1. The Labute approximate surface area is 148 Å². The minimum absolute atomic E-state index is 0.254. The van der Waals surface area contributed by atoms with E-state index in [-0.39, 0.29) is 12.3 Å². The van der Waals surface area contributed by atoms with Crippen molar-refractivity contribution in [3.05, 3.63) is 59.2 Å². The molecule has 2 N–H and O–H groups in total. The van der Waals surface area contributed by atoms with Crippen LogP contribution in [0.15, 0.2) is 42.5 Å². The highest BCUT2D eigenvalue weighted by atomic mass is 19.4. The first-order valence-electron chi connectivity index (χ1n) is 8.20. The van der Waals surface area contributed by atoms with Crippen molar-refractivity contribution in [2.24, 2.45) is 0 Å². The second kappa shape index (κ2) is 6.52. The van der Waals surface area contributed by atoms with Gasteiger partial charge in [0.15, 0.2) is 0 Å². The summed E-state index contributed by atoms with van der Waals surface area (Å²) >= 11 is 0. The van der Waals surface area contributed by atoms with E-state index in [2.05, 4.69) is 4.98 Å². The van der Waals surface area contributed by atoms with Crippen LogP contribution in [0.5, 0.6) is 0 Å². The fraction of sp³-hybridized carbons (Fsp3) is 0.250. The number of aromatic amines is 1. The number of hydrogen-bond acceptors (Lipinski definition) is 1. The molecule has 136 valence electrons. The predicted molar refractivity (Wildman–Crippen MR) is 94.2 cm³/mol. The van der Waals surface area contributed by atoms with E-state index in [4.69, 9.17) is 0 Å². The number of rotatable bonds is 4. The molecule has 0 amide bonds. The van der Waals surface area contributed by atoms with Gasteiger partial charge in [-0.15, -0.1) is 0 Å². The monoisotopic (exact) mass is 361 g/mol. The van der Waals surface area contributed by atoms with Crippen molar-refractivity contribution in [2.45, 2.75) is 32.4 Å². The van der Waals surface area contributed by atoms with Crippen molar-refractivity contribution < 1.29 is 23.1 Å². The minimum atomic E-state index is -4.46. The van der Waals surface area contributed by atoms with Crippen LogP contribution in [0.1, 0.15) is 36.5 Å². The summed E-state index contributed by atoms with van der Waals surface area (Å²) in [4.78, 5) is 14.4. The normalized spacial score (nSPS) is 12.1. The van der Waals surface area contributed by atoms with Crippen molar-refractivity contribution in [1.82, 2.24) is 4.98 Å². The molecule has 0 aliphatic carbocycles. The molecule has 26 heavy (non-hydrogen) atoms. The first-order chi connectivity index (χ1) is 12.2. The molecule has 6 heteroatoms. The van der Waals surface area contributed by atoms with E-state index in [0.717, 1.165) is 23.1 Å². The molecule has 0 aliphatic rings. The molecule has 1 aromatic heterocycles. The molecule has 2 aromatic carbocycles. The Morgan fingerprint density at radius 2 is 1.88 bits per heavy atom. The number of hydrogen-bond donors (Lipinski definition) is 2. The second-order valence-electron chi connectivity index (χ2n) is 6.59. The van der Waals surface area contributed by atoms with Crippen LogP contribution < -0.4 is 0 Å². The van der Waals surface area contributed by atoms with Gasteiger partial charge in [-0.3, -0.25) is 4.79 Å². The average Bonchev–Trinajstić information content (AvgIpc) is 2.91. The van der Waals surface area contributed by atoms with Crippen LogP contribution in [0.25, 0.3) is 22.2 Å². The Morgan fingerprint density at radius 3 is 2.50 bits per heavy atom. The summed E-state index contributed by atoms with van der Waals surface area (Å²) in [5, 5.41) is 10.0. The lowest BCUT2D eigenvalue weighted by Gasteiger charge is -2.09. The van der Waals surface area contributed by atoms with Crippen molar-refractivity contribution in [2.75, 3.05) is 0 Å². The molecule has 0 radical (unpaired) electrons. The van der Waals surface area contributed by atoms with Crippen LogP contribution in [-0.2, 0) is 17.4 Å². The summed E-state index contributed by atoms with van der Waals surface area (Å²) in [7, 11) is 0. The first-order valence-corrected chi connectivity index (χ1v) is 8.20. The number of nitrogens with one attached hydrogen (secondary N) is 1. The maximum Gasteiger partial charge on any atom is 0.416 e. The molecular formula is C20H18F3NO2. The van der Waals surface area contributed by atoms with E-state index in [1.807, 2.05) is 32.0 Å². The largest absolute Gasteiger partial charge is 0.481 e. The summed E-state index contributed by atoms with van der Waals surface area (Å²) in [6, 6.07) is 10.6. The number of aliphatic carboxylic acids is 1. The van der Waals surface area contributed by atoms with Gasteiger partial charge in [-0.05, 0) is 46.9 Å². The number of halogens is 3. The number of aromatic nitrogens is 1. The lowest BCUT2D eigenvalue weighted by molar-refractivity contribution is -0.138. The lowest BCUT2D eigenvalue weighted by atomic mass is 9.97. The number of alkyl halides is 3. The molecular weight excluding hydrogens is 343 g/mol. The van der Waals surface area contributed by atoms with E-state index in [9.17, 15) is 23.1 Å². The maximum absolute atomic E-state index is 13.0. The lowest BCUT2D eigenvalue weighted by Crippen LogP contribution is -2.05. The third kappa shape index (κ3) is 3.45. The molecule has 0 bridgehead atoms. The highest BCUT2D eigenvalue weighted by molar-refractivity contribution is 5.94. The molecule has 3 nitrogen and oxygen atoms in total. The summed E-state index contributed by atoms with van der Waals surface area (Å²) in [6.07, 6.45) is -4.73. The van der Waals surface area contributed by atoms with Gasteiger partial charge in [0.05, 0.1) is 17.7 Å². The Kier molecular flexibility index (Phi) is 4.52. The third-order valence-corrected chi connectivity index (χ3v) is 4.40.